The molecule has 9 nitrogen and oxygen atoms in total. The molecule has 0 aliphatic carbocycles. The average Bonchev–Trinajstić information content (AvgIpc) is 2.86. The van der Waals surface area contributed by atoms with Crippen molar-refractivity contribution < 1.29 is 9.90 Å². The molecule has 2 aromatic heterocycles. The number of carboxylic acids is 1. The minimum atomic E-state index is -0.693. The number of hydrogen-bond acceptors (Lipinski definition) is 8. The van der Waals surface area contributed by atoms with E-state index in [9.17, 15) is 4.79 Å². The lowest BCUT2D eigenvalue weighted by Crippen LogP contribution is -2.32. The van der Waals surface area contributed by atoms with Gasteiger partial charge in [0.2, 0.25) is 5.95 Å². The molecule has 4 heterocycles. The predicted molar refractivity (Wildman–Crippen MR) is 141 cm³/mol. The zero-order valence-electron chi connectivity index (χ0n) is 21.2. The Morgan fingerprint density at radius 2 is 2.17 bits per heavy atom. The lowest BCUT2D eigenvalue weighted by molar-refractivity contribution is -0.137. The van der Waals surface area contributed by atoms with E-state index in [2.05, 4.69) is 34.4 Å². The number of pyridine rings is 1. The van der Waals surface area contributed by atoms with Crippen molar-refractivity contribution in [3.8, 4) is 0 Å². The lowest BCUT2D eigenvalue weighted by Gasteiger charge is -2.33. The zero-order chi connectivity index (χ0) is 25.4. The summed E-state index contributed by atoms with van der Waals surface area (Å²) in [6.45, 7) is 11.0. The molecule has 1 atom stereocenters. The maximum Gasteiger partial charge on any atom is 0.303 e. The summed E-state index contributed by atoms with van der Waals surface area (Å²) < 4.78 is 0. The Balaban J connectivity index is 0.000000429. The average molecular weight is 480 g/mol. The molecule has 4 N–H and O–H groups in total. The molecule has 9 heteroatoms. The molecule has 4 rings (SSSR count). The lowest BCUT2D eigenvalue weighted by atomic mass is 9.95. The third-order valence-electron chi connectivity index (χ3n) is 6.44. The van der Waals surface area contributed by atoms with E-state index in [0.717, 1.165) is 51.0 Å². The van der Waals surface area contributed by atoms with Gasteiger partial charge < -0.3 is 26.0 Å². The van der Waals surface area contributed by atoms with Gasteiger partial charge in [0.25, 0.3) is 0 Å². The van der Waals surface area contributed by atoms with E-state index in [1.165, 1.54) is 34.4 Å². The summed E-state index contributed by atoms with van der Waals surface area (Å²) in [7, 11) is 0. The summed E-state index contributed by atoms with van der Waals surface area (Å²) in [4.78, 5) is 26.0. The van der Waals surface area contributed by atoms with Crippen molar-refractivity contribution in [2.24, 2.45) is 0 Å². The number of anilines is 3. The van der Waals surface area contributed by atoms with Crippen LogP contribution in [0, 0.1) is 12.3 Å². The fraction of sp³-hybridized carbons (Fsp3) is 0.500. The highest BCUT2D eigenvalue weighted by Gasteiger charge is 2.25. The van der Waals surface area contributed by atoms with Crippen molar-refractivity contribution in [2.75, 3.05) is 28.6 Å². The van der Waals surface area contributed by atoms with Crippen LogP contribution in [-0.4, -0.2) is 45.3 Å². The molecule has 0 spiro atoms. The van der Waals surface area contributed by atoms with E-state index < -0.39 is 5.97 Å². The molecule has 2 aromatic rings. The van der Waals surface area contributed by atoms with Crippen molar-refractivity contribution in [2.45, 2.75) is 72.3 Å². The molecule has 35 heavy (non-hydrogen) atoms. The topological polar surface area (TPSA) is 127 Å². The molecule has 2 aliphatic heterocycles. The van der Waals surface area contributed by atoms with Crippen LogP contribution in [0.3, 0.4) is 0 Å². The number of nitrogens with zero attached hydrogens (tertiary/aromatic N) is 4. The standard InChI is InChI=1S/C21H27N7.C5H10O2/c1-4-16(9-22)26-21-25-10-15-6-8-28(12-17(15)27-21)18-11-24-19-13(2)5-7-23-20(19)14(18)3;1-2-3-4-5(6)7/h4,9-11,13,22-23H,5-8,12H2,1-3H3,(H,25,26,27);2-4H2,1H3,(H,6,7)/b16-4+,22-9?;. The Hall–Kier alpha value is -3.49. The molecule has 0 aromatic carbocycles. The highest BCUT2D eigenvalue weighted by molar-refractivity contribution is 5.79. The maximum atomic E-state index is 9.76. The second-order valence-electron chi connectivity index (χ2n) is 8.99. The summed E-state index contributed by atoms with van der Waals surface area (Å²) >= 11 is 0. The number of allylic oxidation sites excluding steroid dienone is 2. The summed E-state index contributed by atoms with van der Waals surface area (Å²) in [6, 6.07) is 0. The first-order valence-corrected chi connectivity index (χ1v) is 12.4. The molecule has 0 saturated heterocycles. The van der Waals surface area contributed by atoms with Gasteiger partial charge >= 0.3 is 5.97 Å². The van der Waals surface area contributed by atoms with Crippen LogP contribution < -0.4 is 15.5 Å². The highest BCUT2D eigenvalue weighted by Crippen LogP contribution is 2.37. The van der Waals surface area contributed by atoms with Crippen LogP contribution in [0.1, 0.15) is 74.9 Å². The first-order valence-electron chi connectivity index (χ1n) is 12.4. The summed E-state index contributed by atoms with van der Waals surface area (Å²) in [5, 5.41) is 22.1. The predicted octanol–water partition coefficient (Wildman–Crippen LogP) is 4.89. The smallest absolute Gasteiger partial charge is 0.303 e. The van der Waals surface area contributed by atoms with Gasteiger partial charge in [-0.15, -0.1) is 0 Å². The summed E-state index contributed by atoms with van der Waals surface area (Å²) in [5.74, 6) is 0.344. The number of nitrogens with one attached hydrogen (secondary N) is 3. The molecule has 188 valence electrons. The summed E-state index contributed by atoms with van der Waals surface area (Å²) in [5.41, 5.74) is 7.74. The van der Waals surface area contributed by atoms with Crippen molar-refractivity contribution in [3.05, 3.63) is 46.7 Å². The molecule has 0 saturated carbocycles. The SMILES string of the molecule is C/C=C(\C=N)Nc1ncc2c(n1)CN(c1cnc3c(c1C)NCCC3C)CC2.CCCCC(=O)O. The molecule has 0 fully saturated rings. The van der Waals surface area contributed by atoms with Crippen LogP contribution in [0.2, 0.25) is 0 Å². The Morgan fingerprint density at radius 3 is 2.83 bits per heavy atom. The van der Waals surface area contributed by atoms with E-state index in [4.69, 9.17) is 20.5 Å². The number of fused-ring (bicyclic) bond motifs is 2. The van der Waals surface area contributed by atoms with Gasteiger partial charge in [0.05, 0.1) is 41.2 Å². The molecular formula is C26H37N7O2. The van der Waals surface area contributed by atoms with Crippen molar-refractivity contribution >= 4 is 29.5 Å². The molecule has 0 radical (unpaired) electrons. The third-order valence-corrected chi connectivity index (χ3v) is 6.44. The van der Waals surface area contributed by atoms with Crippen LogP contribution in [0.15, 0.2) is 24.2 Å². The van der Waals surface area contributed by atoms with E-state index in [1.54, 1.807) is 0 Å². The number of carboxylic acid groups (broad SMARTS) is 1. The van der Waals surface area contributed by atoms with Crippen LogP contribution in [0.25, 0.3) is 0 Å². The first-order chi connectivity index (χ1) is 16.9. The minimum absolute atomic E-state index is 0.316. The monoisotopic (exact) mass is 479 g/mol. The van der Waals surface area contributed by atoms with Crippen LogP contribution in [0.4, 0.5) is 17.3 Å². The maximum absolute atomic E-state index is 9.76. The van der Waals surface area contributed by atoms with E-state index >= 15 is 0 Å². The van der Waals surface area contributed by atoms with Gasteiger partial charge in [0.1, 0.15) is 0 Å². The Labute approximate surface area is 207 Å². The Kier molecular flexibility index (Phi) is 9.17. The molecule has 0 amide bonds. The molecule has 2 aliphatic rings. The van der Waals surface area contributed by atoms with Gasteiger partial charge in [0.15, 0.2) is 0 Å². The van der Waals surface area contributed by atoms with Crippen molar-refractivity contribution in [1.29, 1.82) is 5.41 Å². The molecular weight excluding hydrogens is 442 g/mol. The van der Waals surface area contributed by atoms with E-state index in [1.807, 2.05) is 32.3 Å². The Morgan fingerprint density at radius 1 is 1.37 bits per heavy atom. The second kappa shape index (κ2) is 12.3. The van der Waals surface area contributed by atoms with Gasteiger partial charge in [-0.05, 0) is 44.2 Å². The fourth-order valence-corrected chi connectivity index (χ4v) is 4.30. The minimum Gasteiger partial charge on any atom is -0.481 e. The molecule has 1 unspecified atom stereocenters. The van der Waals surface area contributed by atoms with Gasteiger partial charge in [-0.3, -0.25) is 9.78 Å². The zero-order valence-corrected chi connectivity index (χ0v) is 21.2. The number of rotatable bonds is 7. The highest BCUT2D eigenvalue weighted by atomic mass is 16.4. The van der Waals surface area contributed by atoms with Crippen molar-refractivity contribution in [1.82, 2.24) is 15.0 Å². The number of aromatic nitrogens is 3. The third kappa shape index (κ3) is 6.55. The van der Waals surface area contributed by atoms with Crippen LogP contribution in [0.5, 0.6) is 0 Å². The normalized spacial score (nSPS) is 16.7. The van der Waals surface area contributed by atoms with E-state index in [-0.39, 0.29) is 0 Å². The summed E-state index contributed by atoms with van der Waals surface area (Å²) in [6.07, 6.45) is 11.2. The quantitative estimate of drug-likeness (QED) is 0.414. The molecule has 0 bridgehead atoms. The van der Waals surface area contributed by atoms with Gasteiger partial charge in [0, 0.05) is 37.8 Å². The second-order valence-corrected chi connectivity index (χ2v) is 8.99. The Bertz CT molecular complexity index is 1080. The first kappa shape index (κ1) is 26.1. The number of unbranched alkanes of at least 4 members (excludes halogenated alkanes) is 1. The number of carbonyl (C=O) groups is 1. The fourth-order valence-electron chi connectivity index (χ4n) is 4.30. The number of hydrogen-bond donors (Lipinski definition) is 4. The van der Waals surface area contributed by atoms with Gasteiger partial charge in [-0.1, -0.05) is 26.3 Å². The van der Waals surface area contributed by atoms with Gasteiger partial charge in [-0.25, -0.2) is 9.97 Å². The number of aliphatic carboxylic acids is 1. The largest absolute Gasteiger partial charge is 0.481 e. The van der Waals surface area contributed by atoms with Crippen molar-refractivity contribution in [3.63, 3.8) is 0 Å². The van der Waals surface area contributed by atoms with Crippen LogP contribution >= 0.6 is 0 Å². The van der Waals surface area contributed by atoms with Gasteiger partial charge in [-0.2, -0.15) is 0 Å². The van der Waals surface area contributed by atoms with E-state index in [0.29, 0.717) is 24.0 Å². The van der Waals surface area contributed by atoms with Crippen LogP contribution in [-0.2, 0) is 17.8 Å².